The summed E-state index contributed by atoms with van der Waals surface area (Å²) in [5, 5.41) is 0.674. The van der Waals surface area contributed by atoms with Gasteiger partial charge in [0.25, 0.3) is 0 Å². The zero-order valence-corrected chi connectivity index (χ0v) is 18.3. The molecule has 0 amide bonds. The summed E-state index contributed by atoms with van der Waals surface area (Å²) in [5.74, 6) is 0.279. The van der Waals surface area contributed by atoms with Gasteiger partial charge >= 0.3 is 6.18 Å². The number of hydrogen-bond donors (Lipinski definition) is 0. The molecule has 0 fully saturated rings. The van der Waals surface area contributed by atoms with E-state index >= 15 is 0 Å². The van der Waals surface area contributed by atoms with Gasteiger partial charge in [-0.1, -0.05) is 41.4 Å². The molecule has 0 saturated heterocycles. The number of benzene rings is 3. The number of halogens is 5. The van der Waals surface area contributed by atoms with Gasteiger partial charge in [0.05, 0.1) is 17.7 Å². The van der Waals surface area contributed by atoms with Gasteiger partial charge in [0.2, 0.25) is 0 Å². The lowest BCUT2D eigenvalue weighted by molar-refractivity contribution is -0.137. The number of hydrogen-bond acceptors (Lipinski definition) is 3. The smallest absolute Gasteiger partial charge is 0.416 e. The van der Waals surface area contributed by atoms with Crippen LogP contribution >= 0.6 is 23.2 Å². The van der Waals surface area contributed by atoms with Crippen LogP contribution in [0.15, 0.2) is 66.7 Å². The second kappa shape index (κ2) is 10.1. The van der Waals surface area contributed by atoms with E-state index in [1.807, 2.05) is 0 Å². The maximum Gasteiger partial charge on any atom is 0.416 e. The molecule has 0 N–H and O–H groups in total. The Kier molecular flexibility index (Phi) is 7.48. The van der Waals surface area contributed by atoms with Gasteiger partial charge in [-0.15, -0.1) is 0 Å². The molecule has 0 saturated carbocycles. The molecule has 0 spiro atoms. The largest absolute Gasteiger partial charge is 0.496 e. The zero-order chi connectivity index (χ0) is 23.3. The zero-order valence-electron chi connectivity index (χ0n) is 16.7. The fourth-order valence-electron chi connectivity index (χ4n) is 2.89. The third-order valence-electron chi connectivity index (χ3n) is 4.48. The molecule has 3 rings (SSSR count). The lowest BCUT2D eigenvalue weighted by atomic mass is 10.1. The van der Waals surface area contributed by atoms with Gasteiger partial charge in [0, 0.05) is 16.1 Å². The highest BCUT2D eigenvalue weighted by molar-refractivity contribution is 6.37. The highest BCUT2D eigenvalue weighted by Gasteiger charge is 2.30. The van der Waals surface area contributed by atoms with Gasteiger partial charge in [0.1, 0.15) is 18.1 Å². The van der Waals surface area contributed by atoms with Gasteiger partial charge in [-0.2, -0.15) is 13.2 Å². The summed E-state index contributed by atoms with van der Waals surface area (Å²) in [5.41, 5.74) is 0.794. The van der Waals surface area contributed by atoms with E-state index in [1.165, 1.54) is 31.4 Å². The van der Waals surface area contributed by atoms with E-state index < -0.39 is 11.7 Å². The first-order valence-electron chi connectivity index (χ1n) is 9.32. The van der Waals surface area contributed by atoms with Crippen LogP contribution in [-0.2, 0) is 12.8 Å². The van der Waals surface area contributed by atoms with Crippen LogP contribution in [0, 0.1) is 0 Å². The van der Waals surface area contributed by atoms with Crippen LogP contribution in [-0.4, -0.2) is 12.9 Å². The average molecular weight is 481 g/mol. The predicted molar refractivity (Wildman–Crippen MR) is 119 cm³/mol. The van der Waals surface area contributed by atoms with Crippen molar-refractivity contribution in [1.29, 1.82) is 0 Å². The highest BCUT2D eigenvalue weighted by atomic mass is 35.5. The molecule has 0 bridgehead atoms. The summed E-state index contributed by atoms with van der Waals surface area (Å²) in [6, 6.07) is 14.4. The van der Waals surface area contributed by atoms with E-state index in [0.29, 0.717) is 27.5 Å². The number of carbonyl (C=O) groups excluding carboxylic acids is 1. The molecule has 0 unspecified atom stereocenters. The number of ketones is 1. The highest BCUT2D eigenvalue weighted by Crippen LogP contribution is 2.32. The summed E-state index contributed by atoms with van der Waals surface area (Å²) in [6.45, 7) is -0.0247. The van der Waals surface area contributed by atoms with E-state index in [-0.39, 0.29) is 23.2 Å². The maximum absolute atomic E-state index is 12.9. The Labute approximate surface area is 193 Å². The van der Waals surface area contributed by atoms with Crippen molar-refractivity contribution in [3.05, 3.63) is 99.0 Å². The number of alkyl halides is 3. The minimum absolute atomic E-state index is 0.0247. The molecule has 8 heteroatoms. The summed E-state index contributed by atoms with van der Waals surface area (Å²) in [7, 11) is 1.48. The van der Waals surface area contributed by atoms with Crippen molar-refractivity contribution in [1.82, 2.24) is 0 Å². The third kappa shape index (κ3) is 6.05. The van der Waals surface area contributed by atoms with E-state index in [1.54, 1.807) is 36.4 Å². The fraction of sp³-hybridized carbons (Fsp3) is 0.125. The van der Waals surface area contributed by atoms with Gasteiger partial charge in [-0.05, 0) is 60.2 Å². The summed E-state index contributed by atoms with van der Waals surface area (Å²) in [6.07, 6.45) is -1.49. The summed E-state index contributed by atoms with van der Waals surface area (Å²) >= 11 is 11.9. The van der Waals surface area contributed by atoms with Crippen molar-refractivity contribution in [2.45, 2.75) is 12.8 Å². The monoisotopic (exact) mass is 480 g/mol. The van der Waals surface area contributed by atoms with Crippen LogP contribution in [0.1, 0.15) is 27.0 Å². The Morgan fingerprint density at radius 1 is 1.03 bits per heavy atom. The molecule has 0 heterocycles. The number of carbonyl (C=O) groups is 1. The maximum atomic E-state index is 12.9. The molecule has 0 aliphatic rings. The molecule has 0 atom stereocenters. The molecular weight excluding hydrogens is 464 g/mol. The van der Waals surface area contributed by atoms with Crippen LogP contribution < -0.4 is 9.47 Å². The summed E-state index contributed by atoms with van der Waals surface area (Å²) < 4.78 is 49.5. The number of rotatable bonds is 7. The first-order chi connectivity index (χ1) is 15.2. The topological polar surface area (TPSA) is 35.5 Å². The third-order valence-corrected chi connectivity index (χ3v) is 5.03. The Morgan fingerprint density at radius 2 is 1.81 bits per heavy atom. The quantitative estimate of drug-likeness (QED) is 0.259. The standard InChI is InChI=1S/C24H17Cl2F3O3/c1-31-23-10-6-15(5-9-22(30)20-8-7-18(25)13-21(20)26)11-16(23)14-32-19-4-2-3-17(12-19)24(27,28)29/h2-13H,14H2,1H3/b9-5+. The lowest BCUT2D eigenvalue weighted by Crippen LogP contribution is -2.05. The minimum Gasteiger partial charge on any atom is -0.496 e. The number of methoxy groups -OCH3 is 1. The van der Waals surface area contributed by atoms with Gasteiger partial charge in [-0.25, -0.2) is 0 Å². The normalized spacial score (nSPS) is 11.6. The van der Waals surface area contributed by atoms with E-state index in [4.69, 9.17) is 32.7 Å². The molecule has 3 aromatic carbocycles. The molecule has 0 radical (unpaired) electrons. The Morgan fingerprint density at radius 3 is 2.50 bits per heavy atom. The van der Waals surface area contributed by atoms with Crippen molar-refractivity contribution < 1.29 is 27.4 Å². The van der Waals surface area contributed by atoms with Gasteiger partial charge in [-0.3, -0.25) is 4.79 Å². The molecule has 0 aliphatic carbocycles. The second-order valence-corrected chi connectivity index (χ2v) is 7.55. The van der Waals surface area contributed by atoms with Crippen LogP contribution in [0.4, 0.5) is 13.2 Å². The van der Waals surface area contributed by atoms with Crippen molar-refractivity contribution in [2.75, 3.05) is 7.11 Å². The summed E-state index contributed by atoms with van der Waals surface area (Å²) in [4.78, 5) is 12.4. The molecule has 32 heavy (non-hydrogen) atoms. The lowest BCUT2D eigenvalue weighted by Gasteiger charge is -2.13. The van der Waals surface area contributed by atoms with Gasteiger partial charge in [0.15, 0.2) is 5.78 Å². The minimum atomic E-state index is -4.46. The van der Waals surface area contributed by atoms with Crippen LogP contribution in [0.2, 0.25) is 10.0 Å². The number of allylic oxidation sites excluding steroid dienone is 1. The van der Waals surface area contributed by atoms with Crippen molar-refractivity contribution in [3.63, 3.8) is 0 Å². The van der Waals surface area contributed by atoms with Crippen molar-refractivity contribution in [2.24, 2.45) is 0 Å². The molecule has 3 nitrogen and oxygen atoms in total. The molecule has 166 valence electrons. The average Bonchev–Trinajstić information content (AvgIpc) is 2.75. The first-order valence-corrected chi connectivity index (χ1v) is 10.1. The predicted octanol–water partition coefficient (Wildman–Crippen LogP) is 7.50. The van der Waals surface area contributed by atoms with Crippen LogP contribution in [0.5, 0.6) is 11.5 Å². The van der Waals surface area contributed by atoms with Crippen molar-refractivity contribution >= 4 is 35.1 Å². The van der Waals surface area contributed by atoms with Crippen LogP contribution in [0.25, 0.3) is 6.08 Å². The Bertz CT molecular complexity index is 1160. The van der Waals surface area contributed by atoms with E-state index in [0.717, 1.165) is 12.1 Å². The SMILES string of the molecule is COc1ccc(/C=C/C(=O)c2ccc(Cl)cc2Cl)cc1COc1cccc(C(F)(F)F)c1. The Hall–Kier alpha value is -2.96. The molecular formula is C24H17Cl2F3O3. The van der Waals surface area contributed by atoms with Crippen LogP contribution in [0.3, 0.4) is 0 Å². The fourth-order valence-corrected chi connectivity index (χ4v) is 3.39. The molecule has 3 aromatic rings. The first kappa shape index (κ1) is 23.7. The molecule has 0 aromatic heterocycles. The van der Waals surface area contributed by atoms with E-state index in [9.17, 15) is 18.0 Å². The van der Waals surface area contributed by atoms with Crippen molar-refractivity contribution in [3.8, 4) is 11.5 Å². The second-order valence-electron chi connectivity index (χ2n) is 6.71. The van der Waals surface area contributed by atoms with Gasteiger partial charge < -0.3 is 9.47 Å². The Balaban J connectivity index is 1.77. The number of ether oxygens (including phenoxy) is 2. The van der Waals surface area contributed by atoms with E-state index in [2.05, 4.69) is 0 Å². The molecule has 0 aliphatic heterocycles.